The number of benzene rings is 2. The first-order valence-electron chi connectivity index (χ1n) is 8.52. The zero-order valence-corrected chi connectivity index (χ0v) is 14.6. The molecular formula is C20H17N5O2. The second-order valence-electron chi connectivity index (χ2n) is 6.14. The highest BCUT2D eigenvalue weighted by molar-refractivity contribution is 6.04. The van der Waals surface area contributed by atoms with E-state index in [9.17, 15) is 9.59 Å². The van der Waals surface area contributed by atoms with Gasteiger partial charge in [0.25, 0.3) is 5.91 Å². The second kappa shape index (κ2) is 6.87. The summed E-state index contributed by atoms with van der Waals surface area (Å²) >= 11 is 0. The first-order chi connectivity index (χ1) is 13.1. The molecule has 0 saturated carbocycles. The summed E-state index contributed by atoms with van der Waals surface area (Å²) in [4.78, 5) is 31.2. The van der Waals surface area contributed by atoms with E-state index in [1.54, 1.807) is 35.1 Å². The molecule has 0 radical (unpaired) electrons. The molecule has 7 heteroatoms. The summed E-state index contributed by atoms with van der Waals surface area (Å²) in [6.07, 6.45) is 3.55. The Morgan fingerprint density at radius 3 is 2.70 bits per heavy atom. The lowest BCUT2D eigenvalue weighted by Crippen LogP contribution is -2.30. The first-order valence-corrected chi connectivity index (χ1v) is 8.52. The van der Waals surface area contributed by atoms with Crippen molar-refractivity contribution >= 4 is 16.8 Å². The molecule has 2 N–H and O–H groups in total. The summed E-state index contributed by atoms with van der Waals surface area (Å²) in [5.41, 5.74) is 1.91. The number of carbonyl (C=O) groups excluding carboxylic acids is 1. The Labute approximate surface area is 154 Å². The predicted molar refractivity (Wildman–Crippen MR) is 102 cm³/mol. The van der Waals surface area contributed by atoms with Gasteiger partial charge in [-0.05, 0) is 30.7 Å². The third-order valence-electron chi connectivity index (χ3n) is 4.35. The normalized spacial score (nSPS) is 12.0. The van der Waals surface area contributed by atoms with Gasteiger partial charge >= 0.3 is 5.69 Å². The van der Waals surface area contributed by atoms with Crippen LogP contribution in [-0.4, -0.2) is 25.7 Å². The highest BCUT2D eigenvalue weighted by atomic mass is 16.2. The van der Waals surface area contributed by atoms with Gasteiger partial charge < -0.3 is 10.3 Å². The van der Waals surface area contributed by atoms with Crippen LogP contribution in [0, 0.1) is 0 Å². The molecule has 4 aromatic rings. The van der Waals surface area contributed by atoms with Crippen molar-refractivity contribution in [2.24, 2.45) is 0 Å². The Hall–Kier alpha value is -3.74. The van der Waals surface area contributed by atoms with E-state index in [4.69, 9.17) is 0 Å². The average Bonchev–Trinajstić information content (AvgIpc) is 3.22. The number of aromatic amines is 1. The molecule has 0 fully saturated rings. The Kier molecular flexibility index (Phi) is 4.25. The number of nitrogens with one attached hydrogen (secondary N) is 2. The van der Waals surface area contributed by atoms with Gasteiger partial charge in [-0.15, -0.1) is 0 Å². The van der Waals surface area contributed by atoms with Crippen LogP contribution in [0.2, 0.25) is 0 Å². The van der Waals surface area contributed by atoms with Crippen LogP contribution < -0.4 is 11.0 Å². The van der Waals surface area contributed by atoms with Crippen molar-refractivity contribution in [2.75, 3.05) is 0 Å². The molecule has 2 heterocycles. The van der Waals surface area contributed by atoms with E-state index >= 15 is 0 Å². The fraction of sp³-hybridized carbons (Fsp3) is 0.100. The molecule has 0 aliphatic rings. The maximum absolute atomic E-state index is 12.8. The number of nitrogens with zero attached hydrogens (tertiary/aromatic N) is 3. The van der Waals surface area contributed by atoms with Gasteiger partial charge in [-0.2, -0.15) is 10.1 Å². The molecule has 1 atom stereocenters. The standard InChI is InChI=1S/C20H17N5O2/c1-13(14-7-3-5-10-17(14)25-12-6-11-21-25)22-19(26)18-15-8-2-4-9-16(15)23-20(27)24-18/h2-13H,1H3,(H,22,26)(H,23,24,27)/t13-/m0/s1. The number of rotatable bonds is 4. The average molecular weight is 359 g/mol. The Morgan fingerprint density at radius 1 is 1.11 bits per heavy atom. The van der Waals surface area contributed by atoms with Gasteiger partial charge in [-0.25, -0.2) is 9.48 Å². The number of aromatic nitrogens is 4. The Balaban J connectivity index is 1.68. The van der Waals surface area contributed by atoms with Crippen molar-refractivity contribution in [3.63, 3.8) is 0 Å². The quantitative estimate of drug-likeness (QED) is 0.586. The van der Waals surface area contributed by atoms with E-state index in [2.05, 4.69) is 20.4 Å². The first kappa shape index (κ1) is 16.7. The maximum atomic E-state index is 12.8. The minimum atomic E-state index is -0.552. The molecule has 1 amide bonds. The molecule has 2 aromatic heterocycles. The summed E-state index contributed by atoms with van der Waals surface area (Å²) in [5.74, 6) is -0.403. The van der Waals surface area contributed by atoms with E-state index in [0.29, 0.717) is 10.9 Å². The zero-order chi connectivity index (χ0) is 18.8. The zero-order valence-electron chi connectivity index (χ0n) is 14.6. The fourth-order valence-electron chi connectivity index (χ4n) is 3.09. The van der Waals surface area contributed by atoms with Crippen LogP contribution in [0.25, 0.3) is 16.6 Å². The van der Waals surface area contributed by atoms with Crippen LogP contribution in [0.15, 0.2) is 71.8 Å². The lowest BCUT2D eigenvalue weighted by molar-refractivity contribution is 0.0936. The molecule has 4 rings (SSSR count). The van der Waals surface area contributed by atoms with Gasteiger partial charge in [0.2, 0.25) is 0 Å². The smallest absolute Gasteiger partial charge is 0.344 e. The minimum Gasteiger partial charge on any atom is -0.344 e. The summed E-state index contributed by atoms with van der Waals surface area (Å²) in [6.45, 7) is 1.88. The van der Waals surface area contributed by atoms with Gasteiger partial charge in [0, 0.05) is 17.8 Å². The maximum Gasteiger partial charge on any atom is 0.346 e. The molecule has 0 aliphatic carbocycles. The second-order valence-corrected chi connectivity index (χ2v) is 6.14. The van der Waals surface area contributed by atoms with Crippen LogP contribution in [0.4, 0.5) is 0 Å². The number of amides is 1. The molecule has 0 spiro atoms. The number of para-hydroxylation sites is 2. The molecule has 0 saturated heterocycles. The molecule has 2 aromatic carbocycles. The van der Waals surface area contributed by atoms with E-state index in [1.807, 2.05) is 43.5 Å². The molecule has 134 valence electrons. The molecule has 27 heavy (non-hydrogen) atoms. The summed E-state index contributed by atoms with van der Waals surface area (Å²) in [5, 5.41) is 7.80. The van der Waals surface area contributed by atoms with Gasteiger partial charge in [0.05, 0.1) is 17.2 Å². The molecule has 7 nitrogen and oxygen atoms in total. The van der Waals surface area contributed by atoms with Crippen molar-refractivity contribution in [3.05, 3.63) is 88.7 Å². The SMILES string of the molecule is C[C@H](NC(=O)c1nc(=O)[nH]c2ccccc12)c1ccccc1-n1cccn1. The van der Waals surface area contributed by atoms with Crippen LogP contribution in [0.5, 0.6) is 0 Å². The molecular weight excluding hydrogens is 342 g/mol. The van der Waals surface area contributed by atoms with E-state index in [1.165, 1.54) is 0 Å². The van der Waals surface area contributed by atoms with E-state index < -0.39 is 11.6 Å². The van der Waals surface area contributed by atoms with Crippen molar-refractivity contribution in [3.8, 4) is 5.69 Å². The van der Waals surface area contributed by atoms with Crippen molar-refractivity contribution in [2.45, 2.75) is 13.0 Å². The molecule has 0 unspecified atom stereocenters. The monoisotopic (exact) mass is 359 g/mol. The lowest BCUT2D eigenvalue weighted by atomic mass is 10.1. The van der Waals surface area contributed by atoms with Crippen LogP contribution in [0.3, 0.4) is 0 Å². The molecule has 0 bridgehead atoms. The Morgan fingerprint density at radius 2 is 1.89 bits per heavy atom. The van der Waals surface area contributed by atoms with Crippen molar-refractivity contribution in [1.29, 1.82) is 0 Å². The number of hydrogen-bond donors (Lipinski definition) is 2. The Bertz CT molecular complexity index is 1160. The van der Waals surface area contributed by atoms with Gasteiger partial charge in [0.15, 0.2) is 0 Å². The minimum absolute atomic E-state index is 0.109. The van der Waals surface area contributed by atoms with Crippen molar-refractivity contribution < 1.29 is 4.79 Å². The fourth-order valence-corrected chi connectivity index (χ4v) is 3.09. The van der Waals surface area contributed by atoms with Crippen LogP contribution >= 0.6 is 0 Å². The number of fused-ring (bicyclic) bond motifs is 1. The molecule has 0 aliphatic heterocycles. The van der Waals surface area contributed by atoms with Crippen molar-refractivity contribution in [1.82, 2.24) is 25.1 Å². The van der Waals surface area contributed by atoms with Gasteiger partial charge in [-0.1, -0.05) is 36.4 Å². The third-order valence-corrected chi connectivity index (χ3v) is 4.35. The lowest BCUT2D eigenvalue weighted by Gasteiger charge is -2.18. The van der Waals surface area contributed by atoms with E-state index in [0.717, 1.165) is 11.3 Å². The summed E-state index contributed by atoms with van der Waals surface area (Å²) in [6, 6.07) is 16.3. The third kappa shape index (κ3) is 3.22. The summed E-state index contributed by atoms with van der Waals surface area (Å²) in [7, 11) is 0. The van der Waals surface area contributed by atoms with E-state index in [-0.39, 0.29) is 11.7 Å². The van der Waals surface area contributed by atoms with Gasteiger partial charge in [-0.3, -0.25) is 4.79 Å². The highest BCUT2D eigenvalue weighted by Gasteiger charge is 2.18. The van der Waals surface area contributed by atoms with Crippen LogP contribution in [-0.2, 0) is 0 Å². The highest BCUT2D eigenvalue weighted by Crippen LogP contribution is 2.22. The summed E-state index contributed by atoms with van der Waals surface area (Å²) < 4.78 is 1.75. The number of hydrogen-bond acceptors (Lipinski definition) is 4. The number of H-pyrrole nitrogens is 1. The predicted octanol–water partition coefficient (Wildman–Crippen LogP) is 2.60. The number of carbonyl (C=O) groups is 1. The largest absolute Gasteiger partial charge is 0.346 e. The van der Waals surface area contributed by atoms with Crippen LogP contribution in [0.1, 0.15) is 29.0 Å². The topological polar surface area (TPSA) is 92.7 Å². The van der Waals surface area contributed by atoms with Gasteiger partial charge in [0.1, 0.15) is 5.69 Å².